The summed E-state index contributed by atoms with van der Waals surface area (Å²) in [5.74, 6) is 0. The Balaban J connectivity index is 2.08. The lowest BCUT2D eigenvalue weighted by molar-refractivity contribution is -0.0750. The highest BCUT2D eigenvalue weighted by molar-refractivity contribution is 7.22. The van der Waals surface area contributed by atoms with Crippen molar-refractivity contribution in [1.29, 1.82) is 0 Å². The van der Waals surface area contributed by atoms with Crippen molar-refractivity contribution in [2.75, 3.05) is 11.6 Å². The van der Waals surface area contributed by atoms with Gasteiger partial charge in [-0.25, -0.2) is 9.99 Å². The van der Waals surface area contributed by atoms with Crippen LogP contribution in [-0.2, 0) is 0 Å². The predicted octanol–water partition coefficient (Wildman–Crippen LogP) is 2.24. The molecule has 1 aromatic carbocycles. The van der Waals surface area contributed by atoms with Crippen LogP contribution in [0.25, 0.3) is 10.2 Å². The van der Waals surface area contributed by atoms with Crippen molar-refractivity contribution in [3.8, 4) is 0 Å². The fourth-order valence-electron chi connectivity index (χ4n) is 1.53. The quantitative estimate of drug-likeness (QED) is 0.798. The molecule has 15 heavy (non-hydrogen) atoms. The number of nitrogens with zero attached hydrogens (tertiary/aromatic N) is 3. The highest BCUT2D eigenvalue weighted by atomic mass is 32.1. The van der Waals surface area contributed by atoms with Gasteiger partial charge >= 0.3 is 0 Å². The van der Waals surface area contributed by atoms with E-state index in [9.17, 15) is 5.21 Å². The first-order valence-corrected chi connectivity index (χ1v) is 5.44. The Kier molecular flexibility index (Phi) is 1.95. The molecule has 76 valence electrons. The van der Waals surface area contributed by atoms with E-state index in [1.807, 2.05) is 36.5 Å². The third kappa shape index (κ3) is 1.41. The molecule has 1 aliphatic heterocycles. The van der Waals surface area contributed by atoms with E-state index in [1.165, 1.54) is 0 Å². The number of aromatic nitrogens is 1. The van der Waals surface area contributed by atoms with Gasteiger partial charge in [0.15, 0.2) is 0 Å². The number of benzene rings is 1. The molecule has 0 saturated heterocycles. The van der Waals surface area contributed by atoms with Crippen LogP contribution >= 0.6 is 11.3 Å². The standard InChI is InChI=1S/C10H9N3OS/c14-13-7-3-6-12(13)10-11-8-4-1-2-5-9(8)15-10/h1-6,14H,7H2. The zero-order valence-electron chi connectivity index (χ0n) is 7.87. The second-order valence-electron chi connectivity index (χ2n) is 3.25. The molecule has 0 amide bonds. The largest absolute Gasteiger partial charge is 0.294 e. The minimum Gasteiger partial charge on any atom is -0.294 e. The van der Waals surface area contributed by atoms with Gasteiger partial charge in [-0.1, -0.05) is 28.6 Å². The molecule has 0 saturated carbocycles. The Morgan fingerprint density at radius 2 is 2.20 bits per heavy atom. The van der Waals surface area contributed by atoms with Crippen LogP contribution in [0.5, 0.6) is 0 Å². The molecule has 2 aromatic rings. The van der Waals surface area contributed by atoms with E-state index >= 15 is 0 Å². The fraction of sp³-hybridized carbons (Fsp3) is 0.100. The third-order valence-corrected chi connectivity index (χ3v) is 3.27. The Bertz CT molecular complexity index is 489. The number of thiazole rings is 1. The van der Waals surface area contributed by atoms with Gasteiger partial charge in [-0.15, -0.1) is 0 Å². The number of hydrazine groups is 1. The summed E-state index contributed by atoms with van der Waals surface area (Å²) in [4.78, 5) is 4.44. The van der Waals surface area contributed by atoms with Gasteiger partial charge in [0.25, 0.3) is 0 Å². The molecule has 0 fully saturated rings. The molecule has 0 radical (unpaired) electrons. The summed E-state index contributed by atoms with van der Waals surface area (Å²) in [5, 5.41) is 13.1. The summed E-state index contributed by atoms with van der Waals surface area (Å²) < 4.78 is 1.13. The minimum absolute atomic E-state index is 0.510. The maximum Gasteiger partial charge on any atom is 0.207 e. The van der Waals surface area contributed by atoms with Gasteiger partial charge in [0.2, 0.25) is 5.13 Å². The van der Waals surface area contributed by atoms with Crippen molar-refractivity contribution in [3.05, 3.63) is 36.5 Å². The lowest BCUT2D eigenvalue weighted by Crippen LogP contribution is -2.31. The van der Waals surface area contributed by atoms with Crippen LogP contribution in [0.3, 0.4) is 0 Å². The lowest BCUT2D eigenvalue weighted by Gasteiger charge is -2.19. The summed E-state index contributed by atoms with van der Waals surface area (Å²) >= 11 is 1.56. The zero-order chi connectivity index (χ0) is 10.3. The van der Waals surface area contributed by atoms with Gasteiger partial charge in [0.1, 0.15) is 0 Å². The van der Waals surface area contributed by atoms with Gasteiger partial charge in [0.05, 0.1) is 16.8 Å². The molecule has 0 bridgehead atoms. The molecular weight excluding hydrogens is 210 g/mol. The summed E-state index contributed by atoms with van der Waals surface area (Å²) in [7, 11) is 0. The average Bonchev–Trinajstić information content (AvgIpc) is 2.82. The SMILES string of the molecule is ON1CC=CN1c1nc2ccccc2s1. The number of anilines is 1. The normalized spacial score (nSPS) is 16.7. The number of hydrogen-bond donors (Lipinski definition) is 1. The summed E-state index contributed by atoms with van der Waals surface area (Å²) in [6, 6.07) is 7.94. The van der Waals surface area contributed by atoms with E-state index in [4.69, 9.17) is 0 Å². The second kappa shape index (κ2) is 3.30. The number of fused-ring (bicyclic) bond motifs is 1. The summed E-state index contributed by atoms with van der Waals surface area (Å²) in [6.07, 6.45) is 3.70. The first kappa shape index (κ1) is 8.84. The van der Waals surface area contributed by atoms with Crippen molar-refractivity contribution in [3.63, 3.8) is 0 Å². The first-order chi connectivity index (χ1) is 7.34. The van der Waals surface area contributed by atoms with E-state index < -0.39 is 0 Å². The number of hydroxylamine groups is 1. The average molecular weight is 219 g/mol. The van der Waals surface area contributed by atoms with Crippen LogP contribution in [-0.4, -0.2) is 21.9 Å². The maximum atomic E-state index is 9.53. The van der Waals surface area contributed by atoms with Crippen LogP contribution in [0.1, 0.15) is 0 Å². The van der Waals surface area contributed by atoms with Crippen molar-refractivity contribution < 1.29 is 5.21 Å². The first-order valence-electron chi connectivity index (χ1n) is 4.62. The van der Waals surface area contributed by atoms with Crippen molar-refractivity contribution >= 4 is 26.7 Å². The zero-order valence-corrected chi connectivity index (χ0v) is 8.68. The van der Waals surface area contributed by atoms with E-state index in [-0.39, 0.29) is 0 Å². The van der Waals surface area contributed by atoms with E-state index in [0.717, 1.165) is 20.5 Å². The molecule has 1 aromatic heterocycles. The van der Waals surface area contributed by atoms with Crippen molar-refractivity contribution in [2.24, 2.45) is 0 Å². The van der Waals surface area contributed by atoms with Crippen molar-refractivity contribution in [2.45, 2.75) is 0 Å². The van der Waals surface area contributed by atoms with Gasteiger partial charge in [-0.3, -0.25) is 5.21 Å². The fourth-order valence-corrected chi connectivity index (χ4v) is 2.48. The Morgan fingerprint density at radius 3 is 2.93 bits per heavy atom. The number of rotatable bonds is 1. The highest BCUT2D eigenvalue weighted by Crippen LogP contribution is 2.30. The Hall–Kier alpha value is -1.43. The third-order valence-electron chi connectivity index (χ3n) is 2.24. The van der Waals surface area contributed by atoms with E-state index in [2.05, 4.69) is 4.98 Å². The predicted molar refractivity (Wildman–Crippen MR) is 59.7 cm³/mol. The van der Waals surface area contributed by atoms with Crippen LogP contribution in [0, 0.1) is 0 Å². The van der Waals surface area contributed by atoms with E-state index in [0.29, 0.717) is 6.54 Å². The van der Waals surface area contributed by atoms with Crippen LogP contribution < -0.4 is 5.01 Å². The molecule has 0 aliphatic carbocycles. The van der Waals surface area contributed by atoms with E-state index in [1.54, 1.807) is 16.3 Å². The molecule has 5 heteroatoms. The van der Waals surface area contributed by atoms with Gasteiger partial charge in [0, 0.05) is 6.20 Å². The van der Waals surface area contributed by atoms with Gasteiger partial charge in [-0.2, -0.15) is 0 Å². The van der Waals surface area contributed by atoms with Gasteiger partial charge in [-0.05, 0) is 18.2 Å². The molecule has 1 N–H and O–H groups in total. The molecule has 2 heterocycles. The summed E-state index contributed by atoms with van der Waals surface area (Å²) in [5.41, 5.74) is 0.964. The maximum absolute atomic E-state index is 9.53. The van der Waals surface area contributed by atoms with Crippen LogP contribution in [0.2, 0.25) is 0 Å². The van der Waals surface area contributed by atoms with Crippen LogP contribution in [0.4, 0.5) is 5.13 Å². The smallest absolute Gasteiger partial charge is 0.207 e. The Morgan fingerprint density at radius 1 is 1.33 bits per heavy atom. The monoisotopic (exact) mass is 219 g/mol. The van der Waals surface area contributed by atoms with Gasteiger partial charge < -0.3 is 0 Å². The number of para-hydroxylation sites is 1. The topological polar surface area (TPSA) is 39.6 Å². The molecule has 3 rings (SSSR count). The second-order valence-corrected chi connectivity index (χ2v) is 4.26. The molecule has 4 nitrogen and oxygen atoms in total. The molecule has 0 atom stereocenters. The van der Waals surface area contributed by atoms with Crippen LogP contribution in [0.15, 0.2) is 36.5 Å². The molecule has 1 aliphatic rings. The highest BCUT2D eigenvalue weighted by Gasteiger charge is 2.18. The lowest BCUT2D eigenvalue weighted by atomic mass is 10.3. The van der Waals surface area contributed by atoms with Crippen molar-refractivity contribution in [1.82, 2.24) is 10.2 Å². The molecular formula is C10H9N3OS. The number of hydrogen-bond acceptors (Lipinski definition) is 5. The Labute approximate surface area is 90.6 Å². The summed E-state index contributed by atoms with van der Waals surface area (Å²) in [6.45, 7) is 0.510. The molecule has 0 spiro atoms. The molecule has 0 unspecified atom stereocenters. The minimum atomic E-state index is 0.510.